The zero-order chi connectivity index (χ0) is 18.7. The lowest BCUT2D eigenvalue weighted by atomic mass is 10.1. The maximum Gasteiger partial charge on any atom is 0.453 e. The van der Waals surface area contributed by atoms with Crippen molar-refractivity contribution >= 4 is 17.7 Å². The van der Waals surface area contributed by atoms with Gasteiger partial charge in [0.15, 0.2) is 0 Å². The smallest absolute Gasteiger partial charge is 0.341 e. The number of carbonyl (C=O) groups is 1. The van der Waals surface area contributed by atoms with Gasteiger partial charge in [-0.15, -0.1) is 10.2 Å². The Balaban J connectivity index is 1.89. The minimum absolute atomic E-state index is 0.155. The zero-order valence-electron chi connectivity index (χ0n) is 13.8. The molecule has 6 nitrogen and oxygen atoms in total. The number of thioether (sulfide) groups is 1. The van der Waals surface area contributed by atoms with Crippen molar-refractivity contribution in [3.05, 3.63) is 41.7 Å². The van der Waals surface area contributed by atoms with E-state index in [1.165, 1.54) is 0 Å². The van der Waals surface area contributed by atoms with Crippen LogP contribution in [0.2, 0.25) is 0 Å². The number of benzene rings is 1. The second kappa shape index (κ2) is 7.56. The van der Waals surface area contributed by atoms with Crippen LogP contribution in [0.15, 0.2) is 35.5 Å². The molecule has 1 saturated heterocycles. The first-order valence-corrected chi connectivity index (χ1v) is 9.04. The van der Waals surface area contributed by atoms with Gasteiger partial charge in [0.05, 0.1) is 0 Å². The highest BCUT2D eigenvalue weighted by molar-refractivity contribution is 8.00. The lowest BCUT2D eigenvalue weighted by Crippen LogP contribution is -2.38. The lowest BCUT2D eigenvalue weighted by molar-refractivity contribution is -0.146. The fraction of sp³-hybridized carbons (Fsp3) is 0.438. The molecule has 2 N–H and O–H groups in total. The Labute approximate surface area is 152 Å². The SMILES string of the molecule is Nn1c(S[C@@H](C(=O)N2CCCCC2)c2ccccc2)nnc1C(F)(F)F. The van der Waals surface area contributed by atoms with Crippen LogP contribution in [0.25, 0.3) is 0 Å². The summed E-state index contributed by atoms with van der Waals surface area (Å²) in [6.45, 7) is 1.29. The molecule has 0 spiro atoms. The van der Waals surface area contributed by atoms with Crippen molar-refractivity contribution in [2.24, 2.45) is 0 Å². The summed E-state index contributed by atoms with van der Waals surface area (Å²) < 4.78 is 39.0. The van der Waals surface area contributed by atoms with Gasteiger partial charge in [-0.3, -0.25) is 4.79 Å². The summed E-state index contributed by atoms with van der Waals surface area (Å²) >= 11 is 0.880. The number of rotatable bonds is 4. The Kier molecular flexibility index (Phi) is 5.40. The van der Waals surface area contributed by atoms with Crippen LogP contribution in [-0.4, -0.2) is 38.8 Å². The number of hydrogen-bond acceptors (Lipinski definition) is 5. The number of nitrogen functional groups attached to an aromatic ring is 1. The second-order valence-electron chi connectivity index (χ2n) is 5.97. The van der Waals surface area contributed by atoms with Gasteiger partial charge in [0.25, 0.3) is 5.82 Å². The van der Waals surface area contributed by atoms with Gasteiger partial charge in [0.2, 0.25) is 11.1 Å². The van der Waals surface area contributed by atoms with E-state index in [1.807, 2.05) is 6.07 Å². The van der Waals surface area contributed by atoms with Crippen LogP contribution < -0.4 is 5.84 Å². The van der Waals surface area contributed by atoms with E-state index in [0.717, 1.165) is 31.0 Å². The number of carbonyl (C=O) groups excluding carboxylic acids is 1. The summed E-state index contributed by atoms with van der Waals surface area (Å²) in [5.41, 5.74) is 0.685. The van der Waals surface area contributed by atoms with Crippen LogP contribution in [0.4, 0.5) is 13.2 Å². The van der Waals surface area contributed by atoms with Crippen molar-refractivity contribution in [1.82, 2.24) is 19.8 Å². The van der Waals surface area contributed by atoms with Crippen molar-refractivity contribution in [1.29, 1.82) is 0 Å². The standard InChI is InChI=1S/C16H18F3N5OS/c17-16(18,19)14-21-22-15(24(14)20)26-12(11-7-3-1-4-8-11)13(25)23-9-5-2-6-10-23/h1,3-4,7-8,12H,2,5-6,9-10,20H2/t12-/m1/s1. The van der Waals surface area contributed by atoms with Gasteiger partial charge in [0, 0.05) is 13.1 Å². The minimum atomic E-state index is -4.71. The number of likely N-dealkylation sites (tertiary alicyclic amines) is 1. The van der Waals surface area contributed by atoms with Gasteiger partial charge in [-0.05, 0) is 24.8 Å². The van der Waals surface area contributed by atoms with E-state index in [9.17, 15) is 18.0 Å². The van der Waals surface area contributed by atoms with Gasteiger partial charge >= 0.3 is 6.18 Å². The normalized spacial score (nSPS) is 16.5. The third-order valence-corrected chi connectivity index (χ3v) is 5.33. The fourth-order valence-electron chi connectivity index (χ4n) is 2.83. The number of hydrogen-bond donors (Lipinski definition) is 1. The Hall–Kier alpha value is -2.23. The van der Waals surface area contributed by atoms with E-state index in [0.29, 0.717) is 23.3 Å². The number of nitrogens with two attached hydrogens (primary N) is 1. The molecule has 1 aromatic carbocycles. The van der Waals surface area contributed by atoms with Crippen molar-refractivity contribution in [2.45, 2.75) is 35.8 Å². The third-order valence-electron chi connectivity index (χ3n) is 4.14. The van der Waals surface area contributed by atoms with Crippen molar-refractivity contribution < 1.29 is 18.0 Å². The highest BCUT2D eigenvalue weighted by atomic mass is 32.2. The summed E-state index contributed by atoms with van der Waals surface area (Å²) in [4.78, 5) is 14.7. The molecule has 10 heteroatoms. The van der Waals surface area contributed by atoms with Gasteiger partial charge in [-0.2, -0.15) is 13.2 Å². The summed E-state index contributed by atoms with van der Waals surface area (Å²) in [7, 11) is 0. The second-order valence-corrected chi connectivity index (χ2v) is 7.04. The van der Waals surface area contributed by atoms with Crippen LogP contribution >= 0.6 is 11.8 Å². The van der Waals surface area contributed by atoms with Crippen LogP contribution in [0.3, 0.4) is 0 Å². The molecule has 1 aliphatic heterocycles. The molecule has 140 valence electrons. The molecule has 0 radical (unpaired) electrons. The average molecular weight is 385 g/mol. The molecule has 2 heterocycles. The van der Waals surface area contributed by atoms with Gasteiger partial charge in [0.1, 0.15) is 5.25 Å². The number of nitrogens with zero attached hydrogens (tertiary/aromatic N) is 4. The zero-order valence-corrected chi connectivity index (χ0v) is 14.6. The molecule has 0 unspecified atom stereocenters. The van der Waals surface area contributed by atoms with Gasteiger partial charge in [-0.25, -0.2) is 4.68 Å². The summed E-state index contributed by atoms with van der Waals surface area (Å²) in [5, 5.41) is 5.77. The maximum atomic E-state index is 13.0. The molecule has 2 aromatic rings. The molecular weight excluding hydrogens is 367 g/mol. The average Bonchev–Trinajstić information content (AvgIpc) is 3.01. The van der Waals surface area contributed by atoms with E-state index in [1.54, 1.807) is 29.2 Å². The first-order chi connectivity index (χ1) is 12.4. The Bertz CT molecular complexity index is 759. The first-order valence-electron chi connectivity index (χ1n) is 8.16. The van der Waals surface area contributed by atoms with Gasteiger partial charge in [-0.1, -0.05) is 42.1 Å². The first kappa shape index (κ1) is 18.6. The Morgan fingerprint density at radius 2 is 1.77 bits per heavy atom. The lowest BCUT2D eigenvalue weighted by Gasteiger charge is -2.30. The third kappa shape index (κ3) is 3.95. The molecule has 3 rings (SSSR count). The summed E-state index contributed by atoms with van der Waals surface area (Å²) in [6, 6.07) is 8.90. The predicted octanol–water partition coefficient (Wildman–Crippen LogP) is 2.86. The van der Waals surface area contributed by atoms with E-state index in [4.69, 9.17) is 5.84 Å². The number of aromatic nitrogens is 3. The topological polar surface area (TPSA) is 77.0 Å². The Morgan fingerprint density at radius 3 is 2.35 bits per heavy atom. The van der Waals surface area contributed by atoms with Crippen LogP contribution in [0.5, 0.6) is 0 Å². The number of halogens is 3. The van der Waals surface area contributed by atoms with E-state index in [-0.39, 0.29) is 11.1 Å². The molecule has 0 saturated carbocycles. The Morgan fingerprint density at radius 1 is 1.12 bits per heavy atom. The quantitative estimate of drug-likeness (QED) is 0.647. The fourth-order valence-corrected chi connectivity index (χ4v) is 3.87. The predicted molar refractivity (Wildman–Crippen MR) is 90.6 cm³/mol. The molecule has 26 heavy (non-hydrogen) atoms. The summed E-state index contributed by atoms with van der Waals surface area (Å²) in [6.07, 6.45) is -1.80. The van der Waals surface area contributed by atoms with Crippen molar-refractivity contribution in [3.63, 3.8) is 0 Å². The molecule has 1 amide bonds. The van der Waals surface area contributed by atoms with Gasteiger partial charge < -0.3 is 10.7 Å². The highest BCUT2D eigenvalue weighted by Crippen LogP contribution is 2.37. The minimum Gasteiger partial charge on any atom is -0.341 e. The largest absolute Gasteiger partial charge is 0.453 e. The molecule has 1 aliphatic rings. The van der Waals surface area contributed by atoms with E-state index < -0.39 is 17.3 Å². The molecule has 1 atom stereocenters. The highest BCUT2D eigenvalue weighted by Gasteiger charge is 2.39. The number of piperidine rings is 1. The number of alkyl halides is 3. The van der Waals surface area contributed by atoms with Crippen molar-refractivity contribution in [3.8, 4) is 0 Å². The molecule has 1 fully saturated rings. The van der Waals surface area contributed by atoms with E-state index in [2.05, 4.69) is 10.2 Å². The monoisotopic (exact) mass is 385 g/mol. The molecule has 0 aliphatic carbocycles. The van der Waals surface area contributed by atoms with Crippen molar-refractivity contribution in [2.75, 3.05) is 18.9 Å². The van der Waals surface area contributed by atoms with Crippen LogP contribution in [-0.2, 0) is 11.0 Å². The van der Waals surface area contributed by atoms with Crippen LogP contribution in [0.1, 0.15) is 35.9 Å². The summed E-state index contributed by atoms with van der Waals surface area (Å²) in [5.74, 6) is 4.07. The molecule has 0 bridgehead atoms. The number of amides is 1. The van der Waals surface area contributed by atoms with Crippen LogP contribution in [0, 0.1) is 0 Å². The molecule has 1 aromatic heterocycles. The molecular formula is C16H18F3N5OS. The van der Waals surface area contributed by atoms with E-state index >= 15 is 0 Å². The maximum absolute atomic E-state index is 13.0.